The first-order valence-corrected chi connectivity index (χ1v) is 3.12. The topological polar surface area (TPSA) is 55.8 Å². The molecule has 0 saturated carbocycles. The van der Waals surface area contributed by atoms with E-state index in [2.05, 4.69) is 0 Å². The molecule has 11 heavy (non-hydrogen) atoms. The van der Waals surface area contributed by atoms with E-state index < -0.39 is 18.3 Å². The molecule has 0 unspecified atom stereocenters. The molecular weight excluding hydrogens is 148 g/mol. The minimum Gasteiger partial charge on any atom is -0.383 e. The summed E-state index contributed by atoms with van der Waals surface area (Å²) in [5, 5.41) is 9.13. The van der Waals surface area contributed by atoms with Gasteiger partial charge in [0.05, 0.1) is 8.85 Å². The van der Waals surface area contributed by atoms with E-state index in [-0.39, 0.29) is 14.2 Å². The van der Waals surface area contributed by atoms with Crippen molar-refractivity contribution >= 4 is 6.29 Å². The summed E-state index contributed by atoms with van der Waals surface area (Å²) in [6, 6.07) is 0. The monoisotopic (exact) mass is 164 g/mol. The van der Waals surface area contributed by atoms with Crippen LogP contribution >= 0.6 is 0 Å². The summed E-state index contributed by atoms with van der Waals surface area (Å²) in [4.78, 5) is 10.2. The van der Waals surface area contributed by atoms with Crippen LogP contribution < -0.4 is 0 Å². The summed E-state index contributed by atoms with van der Waals surface area (Å²) in [5.74, 6) is 0. The van der Waals surface area contributed by atoms with Crippen LogP contribution in [0.15, 0.2) is 0 Å². The Morgan fingerprint density at radius 3 is 2.64 bits per heavy atom. The molecule has 0 aromatic heterocycles. The molecule has 0 amide bonds. The summed E-state index contributed by atoms with van der Waals surface area (Å²) < 4.78 is 23.1. The lowest BCUT2D eigenvalue weighted by molar-refractivity contribution is -0.130. The largest absolute Gasteiger partial charge is 0.383 e. The molecule has 0 rings (SSSR count). The average molecular weight is 164 g/mol. The first-order valence-electron chi connectivity index (χ1n) is 4.53. The third kappa shape index (κ3) is 2.96. The van der Waals surface area contributed by atoms with Crippen LogP contribution in [0.5, 0.6) is 0 Å². The Hall–Kier alpha value is -0.450. The molecule has 0 aliphatic heterocycles. The molecule has 4 heteroatoms. The summed E-state index contributed by atoms with van der Waals surface area (Å²) in [7, 11) is -0.633. The Balaban J connectivity index is 4.12. The molecule has 3 atom stereocenters. The van der Waals surface area contributed by atoms with Crippen molar-refractivity contribution in [1.29, 1.82) is 0 Å². The molecule has 0 saturated heterocycles. The smallest absolute Gasteiger partial charge is 0.151 e. The van der Waals surface area contributed by atoms with Gasteiger partial charge in [-0.3, -0.25) is 0 Å². The van der Waals surface area contributed by atoms with Crippen molar-refractivity contribution in [2.24, 2.45) is 0 Å². The summed E-state index contributed by atoms with van der Waals surface area (Å²) in [5.41, 5.74) is 0. The Labute approximate surface area is 68.9 Å². The van der Waals surface area contributed by atoms with Gasteiger partial charge in [0.2, 0.25) is 0 Å². The highest BCUT2D eigenvalue weighted by atomic mass is 16.5. The van der Waals surface area contributed by atoms with Crippen LogP contribution in [0.1, 0.15) is 9.67 Å². The van der Waals surface area contributed by atoms with Crippen molar-refractivity contribution in [2.75, 3.05) is 14.2 Å². The molecule has 0 aliphatic rings. The minimum atomic E-state index is -1.31. The van der Waals surface area contributed by atoms with E-state index >= 15 is 0 Å². The summed E-state index contributed by atoms with van der Waals surface area (Å²) >= 11 is 0. The van der Waals surface area contributed by atoms with Crippen LogP contribution in [-0.4, -0.2) is 43.9 Å². The van der Waals surface area contributed by atoms with Gasteiger partial charge in [-0.25, -0.2) is 0 Å². The number of aliphatic hydroxyl groups excluding tert-OH is 1. The summed E-state index contributed by atoms with van der Waals surface area (Å²) in [6.07, 6.45) is -2.44. The molecule has 0 fully saturated rings. The van der Waals surface area contributed by atoms with Gasteiger partial charge >= 0.3 is 0 Å². The fourth-order valence-electron chi connectivity index (χ4n) is 0.684. The normalized spacial score (nSPS) is 21.3. The van der Waals surface area contributed by atoms with Gasteiger partial charge in [0, 0.05) is 14.2 Å². The van der Waals surface area contributed by atoms with Crippen LogP contribution in [0, 0.1) is 0 Å². The van der Waals surface area contributed by atoms with Gasteiger partial charge in [-0.1, -0.05) is 0 Å². The second-order valence-corrected chi connectivity index (χ2v) is 2.13. The van der Waals surface area contributed by atoms with Crippen LogP contribution in [0.2, 0.25) is 0 Å². The van der Waals surface area contributed by atoms with Crippen molar-refractivity contribution in [3.05, 3.63) is 0 Å². The highest BCUT2D eigenvalue weighted by Crippen LogP contribution is 2.05. The molecule has 0 aliphatic carbocycles. The predicted molar refractivity (Wildman–Crippen MR) is 39.3 cm³/mol. The Morgan fingerprint density at radius 1 is 1.55 bits per heavy atom. The number of carbonyl (C=O) groups excluding carboxylic acids is 1. The molecule has 0 aromatic carbocycles. The summed E-state index contributed by atoms with van der Waals surface area (Å²) in [6.45, 7) is 1.57. The van der Waals surface area contributed by atoms with Crippen LogP contribution in [0.3, 0.4) is 0 Å². The van der Waals surface area contributed by atoms with Crippen LogP contribution in [0.4, 0.5) is 0 Å². The molecule has 0 heterocycles. The zero-order valence-corrected chi connectivity index (χ0v) is 6.40. The molecule has 0 aromatic rings. The third-order valence-corrected chi connectivity index (χ3v) is 1.39. The Bertz CT molecular complexity index is 144. The van der Waals surface area contributed by atoms with Gasteiger partial charge in [-0.05, 0) is 6.92 Å². The lowest BCUT2D eigenvalue weighted by Crippen LogP contribution is -2.39. The fraction of sp³-hybridized carbons (Fsp3) is 0.857. The number of aldehydes is 1. The van der Waals surface area contributed by atoms with E-state index in [1.165, 1.54) is 0 Å². The first-order chi connectivity index (χ1) is 6.17. The van der Waals surface area contributed by atoms with E-state index in [1.54, 1.807) is 6.92 Å². The van der Waals surface area contributed by atoms with Crippen LogP contribution in [-0.2, 0) is 14.3 Å². The number of rotatable bonds is 5. The van der Waals surface area contributed by atoms with E-state index in [0.717, 1.165) is 0 Å². The van der Waals surface area contributed by atoms with Gasteiger partial charge in [0.25, 0.3) is 0 Å². The molecule has 1 N–H and O–H groups in total. The van der Waals surface area contributed by atoms with Gasteiger partial charge in [-0.15, -0.1) is 0 Å². The first kappa shape index (κ1) is 7.21. The number of methoxy groups -OCH3 is 2. The van der Waals surface area contributed by atoms with Crippen molar-refractivity contribution in [1.82, 2.24) is 0 Å². The number of hydrogen-bond donors (Lipinski definition) is 1. The standard InChI is InChI=1S/C7H14O4/c1-5(10-2)7(11-3)6(9)4-8/h4-7,9H,1-3H3/t5-,6+,7-/m1/s1/i2D,3D. The second kappa shape index (κ2) is 5.23. The van der Waals surface area contributed by atoms with E-state index in [4.69, 9.17) is 17.3 Å². The number of hydrogen-bond acceptors (Lipinski definition) is 4. The highest BCUT2D eigenvalue weighted by molar-refractivity contribution is 5.56. The van der Waals surface area contributed by atoms with Crippen molar-refractivity contribution < 1.29 is 22.1 Å². The molecule has 0 bridgehead atoms. The Morgan fingerprint density at radius 2 is 2.18 bits per heavy atom. The quantitative estimate of drug-likeness (QED) is 0.561. The number of ether oxygens (including phenoxy) is 2. The van der Waals surface area contributed by atoms with Gasteiger partial charge in [0.1, 0.15) is 12.2 Å². The van der Waals surface area contributed by atoms with Gasteiger partial charge in [-0.2, -0.15) is 0 Å². The third-order valence-electron chi connectivity index (χ3n) is 1.39. The maximum absolute atomic E-state index is 10.2. The maximum atomic E-state index is 10.2. The Kier molecular flexibility index (Phi) is 3.43. The molecule has 66 valence electrons. The molecule has 0 radical (unpaired) electrons. The van der Waals surface area contributed by atoms with E-state index in [1.807, 2.05) is 0 Å². The minimum absolute atomic E-state index is 0.273. The number of aliphatic hydroxyl groups is 1. The second-order valence-electron chi connectivity index (χ2n) is 2.13. The van der Waals surface area contributed by atoms with Gasteiger partial charge < -0.3 is 19.4 Å². The van der Waals surface area contributed by atoms with Crippen molar-refractivity contribution in [2.45, 2.75) is 25.2 Å². The molecule has 4 nitrogen and oxygen atoms in total. The van der Waals surface area contributed by atoms with E-state index in [0.29, 0.717) is 6.29 Å². The zero-order valence-electron chi connectivity index (χ0n) is 8.40. The predicted octanol–water partition coefficient (Wildman–Crippen LogP) is -0.404. The van der Waals surface area contributed by atoms with E-state index in [9.17, 15) is 4.79 Å². The average Bonchev–Trinajstić information content (AvgIpc) is 2.13. The fourth-order valence-corrected chi connectivity index (χ4v) is 0.684. The van der Waals surface area contributed by atoms with Gasteiger partial charge in [0.15, 0.2) is 6.29 Å². The molecule has 0 spiro atoms. The highest BCUT2D eigenvalue weighted by Gasteiger charge is 2.24. The van der Waals surface area contributed by atoms with Crippen molar-refractivity contribution in [3.8, 4) is 0 Å². The number of carbonyl (C=O) groups is 1. The molecular formula is C7H14O4. The maximum Gasteiger partial charge on any atom is 0.151 e. The van der Waals surface area contributed by atoms with Crippen molar-refractivity contribution in [3.63, 3.8) is 0 Å². The zero-order chi connectivity index (χ0) is 10.3. The lowest BCUT2D eigenvalue weighted by atomic mass is 10.1. The van der Waals surface area contributed by atoms with Crippen LogP contribution in [0.25, 0.3) is 0 Å². The lowest BCUT2D eigenvalue weighted by Gasteiger charge is -2.22. The SMILES string of the molecule is [2H]CO[C@@H]([C@@H](O)C=O)[C@@H](C)OC[2H].